The zero-order valence-corrected chi connectivity index (χ0v) is 11.6. The Balaban J connectivity index is 1.95. The molecule has 0 saturated carbocycles. The molecule has 0 aliphatic heterocycles. The van der Waals surface area contributed by atoms with Crippen LogP contribution in [0, 0.1) is 6.92 Å². The highest BCUT2D eigenvalue weighted by Gasteiger charge is 2.12. The van der Waals surface area contributed by atoms with E-state index in [1.165, 1.54) is 0 Å². The second kappa shape index (κ2) is 5.35. The molecule has 4 nitrogen and oxygen atoms in total. The van der Waals surface area contributed by atoms with Crippen molar-refractivity contribution < 1.29 is 4.74 Å². The Morgan fingerprint density at radius 3 is 2.70 bits per heavy atom. The molecule has 0 atom stereocenters. The number of aromatic amines is 1. The molecule has 3 rings (SSSR count). The molecule has 0 unspecified atom stereocenters. The number of nitrogens with one attached hydrogen (secondary N) is 1. The minimum Gasteiger partial charge on any atom is -0.452 e. The van der Waals surface area contributed by atoms with Gasteiger partial charge in [-0.15, -0.1) is 0 Å². The van der Waals surface area contributed by atoms with Crippen molar-refractivity contribution in [1.82, 2.24) is 15.2 Å². The van der Waals surface area contributed by atoms with Crippen LogP contribution in [0.4, 0.5) is 0 Å². The molecule has 0 fully saturated rings. The van der Waals surface area contributed by atoms with Gasteiger partial charge < -0.3 is 4.74 Å². The topological polar surface area (TPSA) is 50.8 Å². The van der Waals surface area contributed by atoms with E-state index in [-0.39, 0.29) is 0 Å². The fraction of sp³-hybridized carbons (Fsp3) is 0.0667. The third-order valence-corrected chi connectivity index (χ3v) is 3.19. The summed E-state index contributed by atoms with van der Waals surface area (Å²) in [5.74, 6) is 1.27. The maximum absolute atomic E-state index is 6.20. The number of H-pyrrole nitrogens is 1. The van der Waals surface area contributed by atoms with E-state index in [1.54, 1.807) is 12.4 Å². The summed E-state index contributed by atoms with van der Waals surface area (Å²) in [6.45, 7) is 1.93. The number of nitrogens with zero attached hydrogens (tertiary/aromatic N) is 2. The highest BCUT2D eigenvalue weighted by molar-refractivity contribution is 6.33. The van der Waals surface area contributed by atoms with Crippen molar-refractivity contribution in [3.8, 4) is 22.8 Å². The van der Waals surface area contributed by atoms with Crippen LogP contribution in [-0.2, 0) is 0 Å². The van der Waals surface area contributed by atoms with Gasteiger partial charge in [-0.3, -0.25) is 10.1 Å². The molecule has 1 N–H and O–H groups in total. The van der Waals surface area contributed by atoms with Crippen molar-refractivity contribution in [3.05, 3.63) is 59.5 Å². The van der Waals surface area contributed by atoms with Gasteiger partial charge in [-0.05, 0) is 25.1 Å². The van der Waals surface area contributed by atoms with Gasteiger partial charge in [0.05, 0.1) is 17.4 Å². The van der Waals surface area contributed by atoms with Crippen LogP contribution in [0.15, 0.2) is 48.8 Å². The Bertz CT molecular complexity index is 722. The first kappa shape index (κ1) is 12.7. The molecule has 0 aliphatic rings. The summed E-state index contributed by atoms with van der Waals surface area (Å²) in [5.41, 5.74) is 2.54. The number of halogens is 1. The number of benzene rings is 1. The highest BCUT2D eigenvalue weighted by Crippen LogP contribution is 2.34. The van der Waals surface area contributed by atoms with E-state index in [2.05, 4.69) is 15.2 Å². The fourth-order valence-electron chi connectivity index (χ4n) is 1.85. The van der Waals surface area contributed by atoms with Crippen molar-refractivity contribution in [2.45, 2.75) is 6.92 Å². The summed E-state index contributed by atoms with van der Waals surface area (Å²) in [5, 5.41) is 7.58. The molecule has 3 aromatic rings. The van der Waals surface area contributed by atoms with Crippen molar-refractivity contribution in [2.24, 2.45) is 0 Å². The SMILES string of the molecule is Cc1ccc(Oc2cn[nH]c2-c2ccccc2Cl)cn1. The summed E-state index contributed by atoms with van der Waals surface area (Å²) >= 11 is 6.20. The molecular weight excluding hydrogens is 274 g/mol. The van der Waals surface area contributed by atoms with E-state index in [4.69, 9.17) is 16.3 Å². The largest absolute Gasteiger partial charge is 0.452 e. The first-order chi connectivity index (χ1) is 9.74. The Hall–Kier alpha value is -2.33. The normalized spacial score (nSPS) is 10.5. The number of rotatable bonds is 3. The zero-order chi connectivity index (χ0) is 13.9. The van der Waals surface area contributed by atoms with Gasteiger partial charge in [0.25, 0.3) is 0 Å². The van der Waals surface area contributed by atoms with Crippen molar-refractivity contribution in [1.29, 1.82) is 0 Å². The lowest BCUT2D eigenvalue weighted by atomic mass is 10.1. The summed E-state index contributed by atoms with van der Waals surface area (Å²) < 4.78 is 5.80. The minimum atomic E-state index is 0.615. The van der Waals surface area contributed by atoms with Crippen LogP contribution < -0.4 is 4.74 Å². The summed E-state index contributed by atoms with van der Waals surface area (Å²) in [7, 11) is 0. The van der Waals surface area contributed by atoms with Crippen LogP contribution in [0.1, 0.15) is 5.69 Å². The predicted molar refractivity (Wildman–Crippen MR) is 78.1 cm³/mol. The van der Waals surface area contributed by atoms with Gasteiger partial charge in [-0.25, -0.2) is 0 Å². The highest BCUT2D eigenvalue weighted by atomic mass is 35.5. The van der Waals surface area contributed by atoms with Crippen molar-refractivity contribution in [2.75, 3.05) is 0 Å². The minimum absolute atomic E-state index is 0.615. The molecule has 0 aliphatic carbocycles. The summed E-state index contributed by atoms with van der Waals surface area (Å²) in [6, 6.07) is 11.3. The van der Waals surface area contributed by atoms with E-state index < -0.39 is 0 Å². The van der Waals surface area contributed by atoms with Crippen LogP contribution in [0.25, 0.3) is 11.3 Å². The smallest absolute Gasteiger partial charge is 0.173 e. The second-order valence-electron chi connectivity index (χ2n) is 4.33. The van der Waals surface area contributed by atoms with E-state index in [0.29, 0.717) is 16.5 Å². The molecule has 5 heteroatoms. The molecule has 0 bridgehead atoms. The van der Waals surface area contributed by atoms with Crippen LogP contribution in [0.2, 0.25) is 5.02 Å². The van der Waals surface area contributed by atoms with Gasteiger partial charge in [0.15, 0.2) is 5.75 Å². The molecule has 20 heavy (non-hydrogen) atoms. The molecule has 1 aromatic carbocycles. The van der Waals surface area contributed by atoms with Crippen molar-refractivity contribution in [3.63, 3.8) is 0 Å². The fourth-order valence-corrected chi connectivity index (χ4v) is 2.08. The lowest BCUT2D eigenvalue weighted by molar-refractivity contribution is 0.482. The molecule has 0 radical (unpaired) electrons. The average Bonchev–Trinajstić information content (AvgIpc) is 2.90. The summed E-state index contributed by atoms with van der Waals surface area (Å²) in [4.78, 5) is 4.20. The lowest BCUT2D eigenvalue weighted by Gasteiger charge is -2.07. The average molecular weight is 286 g/mol. The van der Waals surface area contributed by atoms with Gasteiger partial charge >= 0.3 is 0 Å². The van der Waals surface area contributed by atoms with Crippen molar-refractivity contribution >= 4 is 11.6 Å². The Labute approximate surface area is 121 Å². The molecule has 0 amide bonds. The number of hydrogen-bond acceptors (Lipinski definition) is 3. The Morgan fingerprint density at radius 1 is 1.10 bits per heavy atom. The van der Waals surface area contributed by atoms with Gasteiger partial charge in [-0.2, -0.15) is 5.10 Å². The maximum Gasteiger partial charge on any atom is 0.173 e. The van der Waals surface area contributed by atoms with Crippen LogP contribution in [0.3, 0.4) is 0 Å². The zero-order valence-electron chi connectivity index (χ0n) is 10.8. The lowest BCUT2D eigenvalue weighted by Crippen LogP contribution is -1.88. The van der Waals surface area contributed by atoms with Crippen LogP contribution in [0.5, 0.6) is 11.5 Å². The molecular formula is C15H12ClN3O. The number of hydrogen-bond donors (Lipinski definition) is 1. The molecule has 0 spiro atoms. The first-order valence-corrected chi connectivity index (χ1v) is 6.50. The van der Waals surface area contributed by atoms with E-state index in [1.807, 2.05) is 43.3 Å². The third kappa shape index (κ3) is 2.51. The molecule has 2 heterocycles. The number of aromatic nitrogens is 3. The summed E-state index contributed by atoms with van der Waals surface area (Å²) in [6.07, 6.45) is 3.30. The van der Waals surface area contributed by atoms with Gasteiger partial charge in [0.1, 0.15) is 11.4 Å². The number of pyridine rings is 1. The van der Waals surface area contributed by atoms with Gasteiger partial charge in [0.2, 0.25) is 0 Å². The molecule has 0 saturated heterocycles. The third-order valence-electron chi connectivity index (χ3n) is 2.86. The molecule has 100 valence electrons. The monoisotopic (exact) mass is 285 g/mol. The standard InChI is InChI=1S/C15H12ClN3O/c1-10-6-7-11(8-17-10)20-14-9-18-19-15(14)12-4-2-3-5-13(12)16/h2-9H,1H3,(H,18,19). The Morgan fingerprint density at radius 2 is 1.95 bits per heavy atom. The first-order valence-electron chi connectivity index (χ1n) is 6.13. The van der Waals surface area contributed by atoms with E-state index >= 15 is 0 Å². The van der Waals surface area contributed by atoms with Gasteiger partial charge in [0, 0.05) is 11.3 Å². The maximum atomic E-state index is 6.20. The van der Waals surface area contributed by atoms with Gasteiger partial charge in [-0.1, -0.05) is 29.8 Å². The second-order valence-corrected chi connectivity index (χ2v) is 4.73. The number of ether oxygens (including phenoxy) is 1. The van der Waals surface area contributed by atoms with Crippen LogP contribution >= 0.6 is 11.6 Å². The van der Waals surface area contributed by atoms with Crippen LogP contribution in [-0.4, -0.2) is 15.2 Å². The van der Waals surface area contributed by atoms with E-state index in [9.17, 15) is 0 Å². The number of aryl methyl sites for hydroxylation is 1. The predicted octanol–water partition coefficient (Wildman–Crippen LogP) is 4.23. The van der Waals surface area contributed by atoms with E-state index in [0.717, 1.165) is 17.0 Å². The molecule has 2 aromatic heterocycles. The Kier molecular flexibility index (Phi) is 3.39. The quantitative estimate of drug-likeness (QED) is 0.783.